The molecule has 0 unspecified atom stereocenters. The van der Waals surface area contributed by atoms with Gasteiger partial charge in [0.05, 0.1) is 16.7 Å². The van der Waals surface area contributed by atoms with E-state index in [0.29, 0.717) is 17.5 Å². The van der Waals surface area contributed by atoms with E-state index in [2.05, 4.69) is 144 Å². The van der Waals surface area contributed by atoms with Gasteiger partial charge in [0, 0.05) is 38.2 Å². The molecule has 0 aliphatic heterocycles. The molecule has 0 fully saturated rings. The second-order valence-electron chi connectivity index (χ2n) is 13.2. The minimum absolute atomic E-state index is 0.596. The van der Waals surface area contributed by atoms with Crippen LogP contribution in [0.15, 0.2) is 174 Å². The van der Waals surface area contributed by atoms with Gasteiger partial charge in [0.25, 0.3) is 0 Å². The quantitative estimate of drug-likeness (QED) is 0.188. The molecule has 0 saturated heterocycles. The molecule has 242 valence electrons. The maximum absolute atomic E-state index is 6.96. The zero-order valence-corrected chi connectivity index (χ0v) is 27.9. The Kier molecular flexibility index (Phi) is 6.18. The molecule has 3 aromatic heterocycles. The summed E-state index contributed by atoms with van der Waals surface area (Å²) in [4.78, 5) is 15.3. The summed E-state index contributed by atoms with van der Waals surface area (Å²) in [5.74, 6) is 1.84. The van der Waals surface area contributed by atoms with Crippen molar-refractivity contribution in [3.8, 4) is 39.9 Å². The highest BCUT2D eigenvalue weighted by Gasteiger charge is 2.22. The van der Waals surface area contributed by atoms with Crippen molar-refractivity contribution in [2.75, 3.05) is 0 Å². The van der Waals surface area contributed by atoms with Gasteiger partial charge in [0.2, 0.25) is 0 Å². The second-order valence-corrected chi connectivity index (χ2v) is 13.2. The summed E-state index contributed by atoms with van der Waals surface area (Å²) in [6.07, 6.45) is 0. The number of rotatable bonds is 4. The van der Waals surface area contributed by atoms with Crippen molar-refractivity contribution < 1.29 is 4.42 Å². The van der Waals surface area contributed by atoms with Gasteiger partial charge in [-0.15, -0.1) is 0 Å². The molecule has 3 heterocycles. The molecular weight excluding hydrogens is 637 g/mol. The molecule has 52 heavy (non-hydrogen) atoms. The van der Waals surface area contributed by atoms with Crippen LogP contribution in [0.25, 0.3) is 105 Å². The fraction of sp³-hybridized carbons (Fsp3) is 0. The Bertz CT molecular complexity index is 3140. The predicted octanol–water partition coefficient (Wildman–Crippen LogP) is 12.2. The third kappa shape index (κ3) is 4.33. The molecule has 11 rings (SSSR count). The van der Waals surface area contributed by atoms with Gasteiger partial charge in [-0.3, -0.25) is 0 Å². The molecule has 5 heteroatoms. The second kappa shape index (κ2) is 11.2. The van der Waals surface area contributed by atoms with Crippen LogP contribution in [-0.4, -0.2) is 19.5 Å². The maximum atomic E-state index is 6.96. The number of furan rings is 1. The lowest BCUT2D eigenvalue weighted by atomic mass is 9.98. The van der Waals surface area contributed by atoms with Gasteiger partial charge in [-0.25, -0.2) is 15.0 Å². The van der Waals surface area contributed by atoms with Gasteiger partial charge in [0.15, 0.2) is 23.1 Å². The highest BCUT2D eigenvalue weighted by Crippen LogP contribution is 2.43. The van der Waals surface area contributed by atoms with Crippen molar-refractivity contribution in [1.82, 2.24) is 19.5 Å². The number of fused-ring (bicyclic) bond motifs is 9. The van der Waals surface area contributed by atoms with Crippen molar-refractivity contribution in [2.24, 2.45) is 0 Å². The Morgan fingerprint density at radius 2 is 1.00 bits per heavy atom. The van der Waals surface area contributed by atoms with Crippen LogP contribution in [0.5, 0.6) is 0 Å². The van der Waals surface area contributed by atoms with E-state index < -0.39 is 0 Å². The summed E-state index contributed by atoms with van der Waals surface area (Å²) in [6, 6.07) is 59.0. The molecule has 0 saturated carbocycles. The van der Waals surface area contributed by atoms with Gasteiger partial charge >= 0.3 is 0 Å². The highest BCUT2D eigenvalue weighted by atomic mass is 16.3. The van der Waals surface area contributed by atoms with Gasteiger partial charge in [-0.1, -0.05) is 140 Å². The molecule has 0 aliphatic carbocycles. The molecule has 11 aromatic rings. The van der Waals surface area contributed by atoms with E-state index in [1.165, 1.54) is 16.2 Å². The summed E-state index contributed by atoms with van der Waals surface area (Å²) in [7, 11) is 0. The van der Waals surface area contributed by atoms with Crippen molar-refractivity contribution in [3.05, 3.63) is 170 Å². The lowest BCUT2D eigenvalue weighted by Crippen LogP contribution is -2.00. The smallest absolute Gasteiger partial charge is 0.164 e. The minimum atomic E-state index is 0.596. The lowest BCUT2D eigenvalue weighted by molar-refractivity contribution is 0.666. The van der Waals surface area contributed by atoms with E-state index in [1.54, 1.807) is 0 Å². The van der Waals surface area contributed by atoms with Crippen LogP contribution in [0.2, 0.25) is 0 Å². The fourth-order valence-corrected chi connectivity index (χ4v) is 7.86. The monoisotopic (exact) mass is 664 g/mol. The standard InChI is InChI=1S/C47H28N4O/c1-2-14-30(15-3-1)45-48-46(32-26-25-29-13-4-5-16-31(29)27-32)50-47(49-45)38-28-42-43(36-20-7-6-17-33(36)38)37-21-12-24-41(44(37)52-42)51-39-22-10-8-18-34(39)35-19-9-11-23-40(35)51/h1-28H. The number of nitrogens with zero attached hydrogens (tertiary/aromatic N) is 4. The minimum Gasteiger partial charge on any atom is -0.454 e. The Balaban J connectivity index is 1.19. The van der Waals surface area contributed by atoms with Crippen LogP contribution in [0.3, 0.4) is 0 Å². The highest BCUT2D eigenvalue weighted by molar-refractivity contribution is 6.23. The third-order valence-electron chi connectivity index (χ3n) is 10.2. The molecule has 0 amide bonds. The fourth-order valence-electron chi connectivity index (χ4n) is 7.86. The number of benzene rings is 8. The first-order chi connectivity index (χ1) is 25.8. The number of hydrogen-bond acceptors (Lipinski definition) is 4. The molecular formula is C47H28N4O. The lowest BCUT2D eigenvalue weighted by Gasteiger charge is -2.11. The predicted molar refractivity (Wildman–Crippen MR) is 213 cm³/mol. The summed E-state index contributed by atoms with van der Waals surface area (Å²) in [5.41, 5.74) is 7.66. The van der Waals surface area contributed by atoms with Gasteiger partial charge < -0.3 is 8.98 Å². The largest absolute Gasteiger partial charge is 0.454 e. The van der Waals surface area contributed by atoms with Crippen LogP contribution in [0.1, 0.15) is 0 Å². The molecule has 0 N–H and O–H groups in total. The van der Waals surface area contributed by atoms with Gasteiger partial charge in [0.1, 0.15) is 5.58 Å². The SMILES string of the molecule is c1ccc(-c2nc(-c3ccc4ccccc4c3)nc(-c3cc4oc5c(-n6c7ccccc7c7ccccc76)cccc5c4c4ccccc34)n2)cc1. The third-order valence-corrected chi connectivity index (χ3v) is 10.2. The Labute approximate surface area is 298 Å². The van der Waals surface area contributed by atoms with E-state index >= 15 is 0 Å². The molecule has 0 radical (unpaired) electrons. The summed E-state index contributed by atoms with van der Waals surface area (Å²) < 4.78 is 9.29. The van der Waals surface area contributed by atoms with E-state index in [1.807, 2.05) is 30.3 Å². The van der Waals surface area contributed by atoms with E-state index in [4.69, 9.17) is 19.4 Å². The molecule has 5 nitrogen and oxygen atoms in total. The molecule has 0 atom stereocenters. The number of para-hydroxylation sites is 3. The average Bonchev–Trinajstić information content (AvgIpc) is 3.77. The van der Waals surface area contributed by atoms with Crippen molar-refractivity contribution >= 4 is 65.3 Å². The van der Waals surface area contributed by atoms with Crippen LogP contribution in [0.4, 0.5) is 0 Å². The van der Waals surface area contributed by atoms with E-state index in [-0.39, 0.29) is 0 Å². The number of aromatic nitrogens is 4. The van der Waals surface area contributed by atoms with Crippen molar-refractivity contribution in [1.29, 1.82) is 0 Å². The molecule has 0 aliphatic rings. The molecule has 0 spiro atoms. The topological polar surface area (TPSA) is 56.7 Å². The Morgan fingerprint density at radius 3 is 1.77 bits per heavy atom. The van der Waals surface area contributed by atoms with E-state index in [9.17, 15) is 0 Å². The van der Waals surface area contributed by atoms with Crippen LogP contribution < -0.4 is 0 Å². The van der Waals surface area contributed by atoms with Crippen LogP contribution in [0, 0.1) is 0 Å². The zero-order valence-electron chi connectivity index (χ0n) is 27.9. The van der Waals surface area contributed by atoms with E-state index in [0.717, 1.165) is 71.5 Å². The molecule has 8 aromatic carbocycles. The first kappa shape index (κ1) is 28.7. The van der Waals surface area contributed by atoms with Crippen molar-refractivity contribution in [3.63, 3.8) is 0 Å². The average molecular weight is 665 g/mol. The maximum Gasteiger partial charge on any atom is 0.164 e. The zero-order chi connectivity index (χ0) is 34.2. The summed E-state index contributed by atoms with van der Waals surface area (Å²) in [6.45, 7) is 0. The van der Waals surface area contributed by atoms with Crippen LogP contribution in [-0.2, 0) is 0 Å². The normalized spacial score (nSPS) is 11.8. The molecule has 0 bridgehead atoms. The Hall–Kier alpha value is -7.11. The van der Waals surface area contributed by atoms with Gasteiger partial charge in [-0.05, 0) is 51.9 Å². The van der Waals surface area contributed by atoms with Crippen LogP contribution >= 0.6 is 0 Å². The van der Waals surface area contributed by atoms with Gasteiger partial charge in [-0.2, -0.15) is 0 Å². The first-order valence-electron chi connectivity index (χ1n) is 17.5. The summed E-state index contributed by atoms with van der Waals surface area (Å²) >= 11 is 0. The number of hydrogen-bond donors (Lipinski definition) is 0. The summed E-state index contributed by atoms with van der Waals surface area (Å²) in [5, 5.41) is 9.01. The Morgan fingerprint density at radius 1 is 0.404 bits per heavy atom. The van der Waals surface area contributed by atoms with Crippen molar-refractivity contribution in [2.45, 2.75) is 0 Å². The first-order valence-corrected chi connectivity index (χ1v) is 17.5.